The molecule has 120 valence electrons. The molecule has 2 aliphatic heterocycles. The Kier molecular flexibility index (Phi) is 4.62. The molecule has 2 heterocycles. The molecule has 0 aromatic carbocycles. The van der Waals surface area contributed by atoms with Crippen LogP contribution in [-0.2, 0) is 4.79 Å². The molecule has 2 saturated heterocycles. The van der Waals surface area contributed by atoms with E-state index in [2.05, 4.69) is 0 Å². The number of carboxylic acid groups (broad SMARTS) is 1. The molecule has 0 unspecified atom stereocenters. The zero-order valence-electron chi connectivity index (χ0n) is 11.4. The van der Waals surface area contributed by atoms with Crippen molar-refractivity contribution in [2.45, 2.75) is 24.4 Å². The van der Waals surface area contributed by atoms with Crippen LogP contribution in [0.25, 0.3) is 0 Å². The number of aliphatic carboxylic acids is 1. The first-order valence-corrected chi connectivity index (χ1v) is 7.88. The van der Waals surface area contributed by atoms with Crippen LogP contribution < -0.4 is 0 Å². The average Bonchev–Trinajstić information content (AvgIpc) is 2.48. The van der Waals surface area contributed by atoms with Gasteiger partial charge in [-0.2, -0.15) is 20.5 Å². The molecule has 0 aromatic heterocycles. The molecule has 2 rings (SSSR count). The van der Waals surface area contributed by atoms with Gasteiger partial charge in [-0.15, -0.1) is 0 Å². The van der Waals surface area contributed by atoms with Crippen molar-refractivity contribution < 1.29 is 28.6 Å². The third kappa shape index (κ3) is 3.08. The first-order chi connectivity index (χ1) is 9.78. The van der Waals surface area contributed by atoms with Gasteiger partial charge >= 0.3 is 17.9 Å². The van der Waals surface area contributed by atoms with Crippen molar-refractivity contribution in [2.75, 3.05) is 37.7 Å². The largest absolute Gasteiger partial charge is 0.477 e. The second-order valence-corrected chi connectivity index (χ2v) is 6.50. The molecular formula is C12H18F2N2O4S. The van der Waals surface area contributed by atoms with E-state index in [9.17, 15) is 23.5 Å². The lowest BCUT2D eigenvalue weighted by atomic mass is 9.85. The van der Waals surface area contributed by atoms with E-state index in [4.69, 9.17) is 5.11 Å². The number of aliphatic hydroxyl groups is 1. The summed E-state index contributed by atoms with van der Waals surface area (Å²) in [6, 6.07) is -0.226. The van der Waals surface area contributed by atoms with Crippen molar-refractivity contribution in [2.24, 2.45) is 0 Å². The van der Waals surface area contributed by atoms with Gasteiger partial charge in [-0.3, -0.25) is 0 Å². The van der Waals surface area contributed by atoms with Gasteiger partial charge < -0.3 is 20.0 Å². The lowest BCUT2D eigenvalue weighted by Crippen LogP contribution is -2.60. The van der Waals surface area contributed by atoms with Crippen LogP contribution in [0.4, 0.5) is 13.6 Å². The molecule has 0 aliphatic carbocycles. The fourth-order valence-electron chi connectivity index (χ4n) is 2.54. The third-order valence-electron chi connectivity index (χ3n) is 4.00. The third-order valence-corrected chi connectivity index (χ3v) is 4.94. The molecule has 0 aromatic rings. The Morgan fingerprint density at radius 2 is 1.52 bits per heavy atom. The number of nitrogens with zero attached hydrogens (tertiary/aromatic N) is 2. The van der Waals surface area contributed by atoms with E-state index in [1.54, 1.807) is 16.7 Å². The quantitative estimate of drug-likeness (QED) is 0.781. The lowest BCUT2D eigenvalue weighted by molar-refractivity contribution is -0.217. The molecule has 0 bridgehead atoms. The molecule has 2 N–H and O–H groups in total. The van der Waals surface area contributed by atoms with Gasteiger partial charge in [-0.25, -0.2) is 9.59 Å². The van der Waals surface area contributed by atoms with Gasteiger partial charge in [-0.1, -0.05) is 0 Å². The van der Waals surface area contributed by atoms with Gasteiger partial charge in [0.15, 0.2) is 0 Å². The summed E-state index contributed by atoms with van der Waals surface area (Å²) in [6.07, 6.45) is -0.888. The normalized spacial score (nSPS) is 23.0. The number of alkyl halides is 2. The number of hydrogen-bond donors (Lipinski definition) is 2. The summed E-state index contributed by atoms with van der Waals surface area (Å²) >= 11 is 1.75. The van der Waals surface area contributed by atoms with Crippen LogP contribution >= 0.6 is 11.8 Å². The Morgan fingerprint density at radius 3 is 2.00 bits per heavy atom. The summed E-state index contributed by atoms with van der Waals surface area (Å²) in [5.41, 5.74) is -2.59. The molecule has 21 heavy (non-hydrogen) atoms. The van der Waals surface area contributed by atoms with Crippen LogP contribution in [0.15, 0.2) is 0 Å². The van der Waals surface area contributed by atoms with E-state index in [-0.39, 0.29) is 19.1 Å². The van der Waals surface area contributed by atoms with Crippen molar-refractivity contribution in [1.82, 2.24) is 9.80 Å². The van der Waals surface area contributed by atoms with E-state index in [0.717, 1.165) is 11.5 Å². The van der Waals surface area contributed by atoms with Crippen LogP contribution in [0, 0.1) is 0 Å². The van der Waals surface area contributed by atoms with Gasteiger partial charge in [0.1, 0.15) is 5.60 Å². The predicted octanol–water partition coefficient (Wildman–Crippen LogP) is 0.702. The molecule has 6 nitrogen and oxygen atoms in total. The SMILES string of the molecule is O=C(N1CCSCC1)N1CCC(O)(C(F)(F)C(=O)O)CC1. The molecule has 0 spiro atoms. The molecule has 2 fully saturated rings. The van der Waals surface area contributed by atoms with Crippen molar-refractivity contribution >= 4 is 23.8 Å². The van der Waals surface area contributed by atoms with E-state index in [1.165, 1.54) is 4.90 Å². The number of thioether (sulfide) groups is 1. The van der Waals surface area contributed by atoms with Gasteiger partial charge in [0.05, 0.1) is 0 Å². The number of piperidine rings is 1. The minimum Gasteiger partial charge on any atom is -0.477 e. The summed E-state index contributed by atoms with van der Waals surface area (Å²) in [5.74, 6) is -4.84. The van der Waals surface area contributed by atoms with Gasteiger partial charge in [0.25, 0.3) is 0 Å². The minimum atomic E-state index is -4.20. The fourth-order valence-corrected chi connectivity index (χ4v) is 3.44. The highest BCUT2D eigenvalue weighted by molar-refractivity contribution is 7.99. The van der Waals surface area contributed by atoms with E-state index in [1.807, 2.05) is 0 Å². The molecular weight excluding hydrogens is 306 g/mol. The number of urea groups is 1. The summed E-state index contributed by atoms with van der Waals surface area (Å²) in [7, 11) is 0. The summed E-state index contributed by atoms with van der Waals surface area (Å²) in [5, 5.41) is 18.4. The first-order valence-electron chi connectivity index (χ1n) is 6.73. The van der Waals surface area contributed by atoms with Crippen molar-refractivity contribution in [1.29, 1.82) is 0 Å². The second-order valence-electron chi connectivity index (χ2n) is 5.28. The van der Waals surface area contributed by atoms with Crippen LogP contribution in [0.1, 0.15) is 12.8 Å². The fraction of sp³-hybridized carbons (Fsp3) is 0.833. The minimum absolute atomic E-state index is 0.0676. The van der Waals surface area contributed by atoms with Crippen molar-refractivity contribution in [3.63, 3.8) is 0 Å². The Morgan fingerprint density at radius 1 is 1.05 bits per heavy atom. The van der Waals surface area contributed by atoms with Crippen molar-refractivity contribution in [3.05, 3.63) is 0 Å². The summed E-state index contributed by atoms with van der Waals surface area (Å²) in [4.78, 5) is 25.9. The Labute approximate surface area is 125 Å². The van der Waals surface area contributed by atoms with E-state index < -0.39 is 30.3 Å². The molecule has 0 radical (unpaired) electrons. The second kappa shape index (κ2) is 5.96. The molecule has 2 amide bonds. The van der Waals surface area contributed by atoms with Crippen LogP contribution in [0.5, 0.6) is 0 Å². The maximum atomic E-state index is 13.5. The number of carbonyl (C=O) groups excluding carboxylic acids is 1. The molecule has 0 saturated carbocycles. The number of hydrogen-bond acceptors (Lipinski definition) is 4. The van der Waals surface area contributed by atoms with Crippen LogP contribution in [-0.4, -0.2) is 81.2 Å². The smallest absolute Gasteiger partial charge is 0.377 e. The van der Waals surface area contributed by atoms with E-state index in [0.29, 0.717) is 13.1 Å². The molecule has 9 heteroatoms. The van der Waals surface area contributed by atoms with E-state index >= 15 is 0 Å². The maximum absolute atomic E-state index is 13.5. The highest BCUT2D eigenvalue weighted by atomic mass is 32.2. The Hall–Kier alpha value is -1.09. The number of carbonyl (C=O) groups is 2. The summed E-state index contributed by atoms with van der Waals surface area (Å²) < 4.78 is 27.1. The zero-order valence-corrected chi connectivity index (χ0v) is 12.2. The maximum Gasteiger partial charge on any atom is 0.377 e. The van der Waals surface area contributed by atoms with Crippen molar-refractivity contribution in [3.8, 4) is 0 Å². The Balaban J connectivity index is 1.96. The standard InChI is InChI=1S/C12H18F2N2O4S/c13-12(14,9(17)18)11(20)1-3-15(4-2-11)10(19)16-5-7-21-8-6-16/h20H,1-8H2,(H,17,18). The number of rotatable bonds is 2. The number of likely N-dealkylation sites (tertiary alicyclic amines) is 1. The predicted molar refractivity (Wildman–Crippen MR) is 72.6 cm³/mol. The number of carboxylic acids is 1. The van der Waals surface area contributed by atoms with Crippen LogP contribution in [0.3, 0.4) is 0 Å². The average molecular weight is 324 g/mol. The topological polar surface area (TPSA) is 81.1 Å². The molecule has 2 aliphatic rings. The first kappa shape index (κ1) is 16.3. The summed E-state index contributed by atoms with van der Waals surface area (Å²) in [6.45, 7) is 1.11. The Bertz CT molecular complexity index is 421. The monoisotopic (exact) mass is 324 g/mol. The zero-order chi connectivity index (χ0) is 15.7. The molecule has 0 atom stereocenters. The van der Waals surface area contributed by atoms with Gasteiger partial charge in [-0.05, 0) is 0 Å². The number of amides is 2. The van der Waals surface area contributed by atoms with Gasteiger partial charge in [0.2, 0.25) is 0 Å². The van der Waals surface area contributed by atoms with Crippen LogP contribution in [0.2, 0.25) is 0 Å². The lowest BCUT2D eigenvalue weighted by Gasteiger charge is -2.42. The van der Waals surface area contributed by atoms with Gasteiger partial charge in [0, 0.05) is 50.5 Å². The highest BCUT2D eigenvalue weighted by Crippen LogP contribution is 2.37. The highest BCUT2D eigenvalue weighted by Gasteiger charge is 2.59. The number of halogens is 2.